The number of allylic oxidation sites excluding steroid dienone is 1. The van der Waals surface area contributed by atoms with Crippen LogP contribution in [0.2, 0.25) is 5.02 Å². The maximum Gasteiger partial charge on any atom is 0.338 e. The van der Waals surface area contributed by atoms with Crippen LogP contribution >= 0.6 is 22.9 Å². The van der Waals surface area contributed by atoms with Crippen molar-refractivity contribution in [3.05, 3.63) is 131 Å². The molecule has 1 atom stereocenters. The van der Waals surface area contributed by atoms with Gasteiger partial charge in [-0.2, -0.15) is 0 Å². The van der Waals surface area contributed by atoms with Crippen molar-refractivity contribution >= 4 is 45.9 Å². The minimum Gasteiger partial charge on any atom is -0.491 e. The molecule has 3 aromatic carbocycles. The average Bonchev–Trinajstić information content (AvgIpc) is 3.45. The molecule has 3 heterocycles. The molecule has 0 bridgehead atoms. The van der Waals surface area contributed by atoms with E-state index in [1.807, 2.05) is 74.5 Å². The van der Waals surface area contributed by atoms with Crippen LogP contribution in [0.4, 0.5) is 0 Å². The minimum atomic E-state index is -0.761. The third-order valence-corrected chi connectivity index (χ3v) is 9.10. The molecule has 230 valence electrons. The summed E-state index contributed by atoms with van der Waals surface area (Å²) in [6.45, 7) is 10.3. The van der Waals surface area contributed by atoms with Crippen molar-refractivity contribution in [2.75, 3.05) is 6.61 Å². The van der Waals surface area contributed by atoms with E-state index in [-0.39, 0.29) is 18.3 Å². The SMILES string of the molecule is CCOC(=O)C1=C(C)N=c2s/c(=C\c3c(C)n(Cc4cccc(Cl)c4)c4ccccc34)c(=O)n2[C@H]1c1ccccc1OC(C)C. The van der Waals surface area contributed by atoms with Crippen molar-refractivity contribution in [3.63, 3.8) is 0 Å². The highest BCUT2D eigenvalue weighted by atomic mass is 35.5. The van der Waals surface area contributed by atoms with Gasteiger partial charge in [-0.1, -0.05) is 71.5 Å². The smallest absolute Gasteiger partial charge is 0.338 e. The lowest BCUT2D eigenvalue weighted by atomic mass is 9.95. The van der Waals surface area contributed by atoms with Crippen molar-refractivity contribution in [2.45, 2.75) is 53.3 Å². The molecule has 45 heavy (non-hydrogen) atoms. The predicted molar refractivity (Wildman–Crippen MR) is 180 cm³/mol. The summed E-state index contributed by atoms with van der Waals surface area (Å²) in [4.78, 5) is 33.1. The van der Waals surface area contributed by atoms with E-state index in [9.17, 15) is 9.59 Å². The number of nitrogens with zero attached hydrogens (tertiary/aromatic N) is 3. The van der Waals surface area contributed by atoms with Gasteiger partial charge in [-0.3, -0.25) is 9.36 Å². The molecule has 0 radical (unpaired) electrons. The Morgan fingerprint density at radius 2 is 1.82 bits per heavy atom. The number of carbonyl (C=O) groups is 1. The maximum atomic E-state index is 14.4. The summed E-state index contributed by atoms with van der Waals surface area (Å²) in [5.74, 6) is 0.0980. The van der Waals surface area contributed by atoms with E-state index in [1.54, 1.807) is 18.4 Å². The molecule has 2 aromatic heterocycles. The number of hydrogen-bond acceptors (Lipinski definition) is 6. The Labute approximate surface area is 270 Å². The van der Waals surface area contributed by atoms with Crippen LogP contribution in [0.25, 0.3) is 17.0 Å². The fourth-order valence-corrected chi connectivity index (χ4v) is 7.19. The Balaban J connectivity index is 1.56. The van der Waals surface area contributed by atoms with Crippen molar-refractivity contribution in [3.8, 4) is 5.75 Å². The summed E-state index contributed by atoms with van der Waals surface area (Å²) < 4.78 is 16.0. The zero-order valence-corrected chi connectivity index (χ0v) is 27.4. The number of hydrogen-bond donors (Lipinski definition) is 0. The number of thiazole rings is 1. The first kappa shape index (κ1) is 30.6. The molecule has 0 spiro atoms. The molecule has 5 aromatic rings. The third-order valence-electron chi connectivity index (χ3n) is 7.88. The molecule has 0 saturated heterocycles. The molecule has 0 amide bonds. The van der Waals surface area contributed by atoms with Crippen molar-refractivity contribution in [2.24, 2.45) is 4.99 Å². The zero-order valence-electron chi connectivity index (χ0n) is 25.8. The molecular formula is C36H34ClN3O4S. The second kappa shape index (κ2) is 12.5. The van der Waals surface area contributed by atoms with Crippen LogP contribution < -0.4 is 19.6 Å². The first-order chi connectivity index (χ1) is 21.7. The summed E-state index contributed by atoms with van der Waals surface area (Å²) in [5, 5.41) is 1.73. The van der Waals surface area contributed by atoms with Crippen LogP contribution in [0.15, 0.2) is 93.9 Å². The van der Waals surface area contributed by atoms with Crippen molar-refractivity contribution < 1.29 is 14.3 Å². The number of carbonyl (C=O) groups excluding carboxylic acids is 1. The van der Waals surface area contributed by atoms with E-state index in [1.165, 1.54) is 11.3 Å². The Kier molecular flexibility index (Phi) is 8.53. The highest BCUT2D eigenvalue weighted by Crippen LogP contribution is 2.36. The lowest BCUT2D eigenvalue weighted by Crippen LogP contribution is -2.40. The summed E-state index contributed by atoms with van der Waals surface area (Å²) in [7, 11) is 0. The molecule has 1 aliphatic heterocycles. The van der Waals surface area contributed by atoms with Crippen LogP contribution in [0.1, 0.15) is 56.1 Å². The summed E-state index contributed by atoms with van der Waals surface area (Å²) in [5.41, 5.74) is 5.43. The van der Waals surface area contributed by atoms with Gasteiger partial charge in [0.15, 0.2) is 4.80 Å². The fraction of sp³-hybridized carbons (Fsp3) is 0.250. The molecule has 6 rings (SSSR count). The van der Waals surface area contributed by atoms with Gasteiger partial charge < -0.3 is 14.0 Å². The van der Waals surface area contributed by atoms with E-state index < -0.39 is 12.0 Å². The van der Waals surface area contributed by atoms with Gasteiger partial charge in [-0.25, -0.2) is 9.79 Å². The molecular weight excluding hydrogens is 606 g/mol. The lowest BCUT2D eigenvalue weighted by molar-refractivity contribution is -0.139. The largest absolute Gasteiger partial charge is 0.491 e. The molecule has 0 aliphatic carbocycles. The highest BCUT2D eigenvalue weighted by molar-refractivity contribution is 7.07. The van der Waals surface area contributed by atoms with Gasteiger partial charge in [0.1, 0.15) is 11.8 Å². The Hall–Kier alpha value is -4.40. The van der Waals surface area contributed by atoms with Gasteiger partial charge in [0.25, 0.3) is 5.56 Å². The monoisotopic (exact) mass is 639 g/mol. The van der Waals surface area contributed by atoms with E-state index >= 15 is 0 Å². The second-order valence-electron chi connectivity index (χ2n) is 11.2. The van der Waals surface area contributed by atoms with Gasteiger partial charge in [-0.15, -0.1) is 0 Å². The predicted octanol–water partition coefficient (Wildman–Crippen LogP) is 6.55. The quantitative estimate of drug-likeness (QED) is 0.181. The van der Waals surface area contributed by atoms with Gasteiger partial charge in [0, 0.05) is 39.3 Å². The highest BCUT2D eigenvalue weighted by Gasteiger charge is 2.35. The second-order valence-corrected chi connectivity index (χ2v) is 12.7. The summed E-state index contributed by atoms with van der Waals surface area (Å²) in [6, 6.07) is 22.8. The van der Waals surface area contributed by atoms with Crippen LogP contribution in [0.3, 0.4) is 0 Å². The average molecular weight is 640 g/mol. The molecule has 0 N–H and O–H groups in total. The first-order valence-corrected chi connectivity index (χ1v) is 16.1. The molecule has 0 unspecified atom stereocenters. The van der Waals surface area contributed by atoms with Crippen LogP contribution in [-0.4, -0.2) is 27.8 Å². The van der Waals surface area contributed by atoms with Gasteiger partial charge in [0.2, 0.25) is 0 Å². The number of ether oxygens (including phenoxy) is 2. The van der Waals surface area contributed by atoms with Crippen LogP contribution in [-0.2, 0) is 16.1 Å². The number of rotatable bonds is 8. The summed E-state index contributed by atoms with van der Waals surface area (Å²) in [6.07, 6.45) is 1.85. The Bertz CT molecular complexity index is 2150. The summed E-state index contributed by atoms with van der Waals surface area (Å²) >= 11 is 7.61. The molecule has 1 aliphatic rings. The number of aromatic nitrogens is 2. The molecule has 9 heteroatoms. The first-order valence-electron chi connectivity index (χ1n) is 15.0. The zero-order chi connectivity index (χ0) is 31.8. The minimum absolute atomic E-state index is 0.106. The maximum absolute atomic E-state index is 14.4. The number of para-hydroxylation sites is 2. The lowest BCUT2D eigenvalue weighted by Gasteiger charge is -2.26. The number of benzene rings is 3. The number of fused-ring (bicyclic) bond motifs is 2. The van der Waals surface area contributed by atoms with Crippen molar-refractivity contribution in [1.82, 2.24) is 9.13 Å². The fourth-order valence-electron chi connectivity index (χ4n) is 5.95. The van der Waals surface area contributed by atoms with Gasteiger partial charge in [0.05, 0.1) is 28.5 Å². The van der Waals surface area contributed by atoms with E-state index in [0.717, 1.165) is 27.7 Å². The van der Waals surface area contributed by atoms with Crippen LogP contribution in [0.5, 0.6) is 5.75 Å². The molecule has 7 nitrogen and oxygen atoms in total. The Morgan fingerprint density at radius 3 is 2.58 bits per heavy atom. The topological polar surface area (TPSA) is 74.8 Å². The van der Waals surface area contributed by atoms with Crippen LogP contribution in [0, 0.1) is 6.92 Å². The number of esters is 1. The van der Waals surface area contributed by atoms with E-state index in [4.69, 9.17) is 26.1 Å². The number of halogens is 1. The standard InChI is InChI=1S/C36H34ClN3O4S/c1-6-43-35(42)32-22(4)38-36-40(33(32)27-15-8-10-17-30(27)44-21(2)3)34(41)31(45-36)19-28-23(5)39(29-16-9-7-14-26(28)29)20-24-12-11-13-25(37)18-24/h7-19,21,33H,6,20H2,1-5H3/b31-19-/t33-/m0/s1. The van der Waals surface area contributed by atoms with Gasteiger partial charge in [-0.05, 0) is 70.5 Å². The van der Waals surface area contributed by atoms with E-state index in [0.29, 0.717) is 43.5 Å². The molecule has 0 saturated carbocycles. The Morgan fingerprint density at radius 1 is 1.07 bits per heavy atom. The molecule has 0 fully saturated rings. The van der Waals surface area contributed by atoms with E-state index in [2.05, 4.69) is 29.7 Å². The normalized spacial score (nSPS) is 15.0. The van der Waals surface area contributed by atoms with Gasteiger partial charge >= 0.3 is 5.97 Å². The third kappa shape index (κ3) is 5.76. The van der Waals surface area contributed by atoms with Crippen molar-refractivity contribution in [1.29, 1.82) is 0 Å².